The molecule has 0 spiro atoms. The van der Waals surface area contributed by atoms with E-state index in [1.54, 1.807) is 0 Å². The van der Waals surface area contributed by atoms with Crippen LogP contribution < -0.4 is 4.74 Å². The Bertz CT molecular complexity index is 1420. The average molecular weight is 431 g/mol. The number of aromatic nitrogens is 5. The first kappa shape index (κ1) is 20.3. The third-order valence-corrected chi connectivity index (χ3v) is 5.07. The SMILES string of the molecule is C(=C/c1nn[nH]n1)/c1cccc(/C=C/c2cccc(OCc3ccc4ccccc4n3)c2)c1. The molecular formula is C27H21N5O. The molecule has 0 amide bonds. The van der Waals surface area contributed by atoms with Gasteiger partial charge in [0.2, 0.25) is 0 Å². The summed E-state index contributed by atoms with van der Waals surface area (Å²) < 4.78 is 6.00. The standard InChI is InChI=1S/C27H21N5O/c1-2-10-26-23(8-1)14-15-24(28-26)19-33-25-9-4-7-22(18-25)12-11-20-5-3-6-21(17-20)13-16-27-29-31-32-30-27/h1-18H,19H2,(H,29,30,31,32)/b12-11+,16-13-. The largest absolute Gasteiger partial charge is 0.487 e. The van der Waals surface area contributed by atoms with E-state index in [9.17, 15) is 0 Å². The molecule has 6 heteroatoms. The highest BCUT2D eigenvalue weighted by Crippen LogP contribution is 2.19. The van der Waals surface area contributed by atoms with Crippen LogP contribution in [-0.2, 0) is 6.61 Å². The summed E-state index contributed by atoms with van der Waals surface area (Å²) in [6.07, 6.45) is 7.92. The first-order valence-electron chi connectivity index (χ1n) is 10.6. The van der Waals surface area contributed by atoms with Gasteiger partial charge in [0.1, 0.15) is 12.4 Å². The van der Waals surface area contributed by atoms with Gasteiger partial charge < -0.3 is 4.74 Å². The van der Waals surface area contributed by atoms with Crippen LogP contribution in [-0.4, -0.2) is 25.6 Å². The van der Waals surface area contributed by atoms with Gasteiger partial charge >= 0.3 is 0 Å². The van der Waals surface area contributed by atoms with Gasteiger partial charge in [-0.1, -0.05) is 72.8 Å². The zero-order valence-corrected chi connectivity index (χ0v) is 17.8. The summed E-state index contributed by atoms with van der Waals surface area (Å²) in [4.78, 5) is 4.67. The first-order chi connectivity index (χ1) is 16.3. The lowest BCUT2D eigenvalue weighted by Gasteiger charge is -2.07. The molecule has 0 aliphatic carbocycles. The molecule has 3 aromatic carbocycles. The molecular weight excluding hydrogens is 410 g/mol. The van der Waals surface area contributed by atoms with Crippen LogP contribution in [0.4, 0.5) is 0 Å². The second-order valence-corrected chi connectivity index (χ2v) is 7.46. The Kier molecular flexibility index (Phi) is 5.98. The van der Waals surface area contributed by atoms with Crippen molar-refractivity contribution in [2.24, 2.45) is 0 Å². The molecule has 0 atom stereocenters. The third-order valence-electron chi connectivity index (χ3n) is 5.07. The molecule has 0 radical (unpaired) electrons. The highest BCUT2D eigenvalue weighted by molar-refractivity contribution is 5.78. The van der Waals surface area contributed by atoms with Gasteiger partial charge in [-0.05, 0) is 58.3 Å². The number of benzene rings is 3. The molecule has 0 fully saturated rings. The van der Waals surface area contributed by atoms with Crippen molar-refractivity contribution in [1.82, 2.24) is 25.6 Å². The molecule has 33 heavy (non-hydrogen) atoms. The Hall–Kier alpha value is -4.58. The van der Waals surface area contributed by atoms with E-state index in [1.807, 2.05) is 66.7 Å². The summed E-state index contributed by atoms with van der Waals surface area (Å²) in [5.41, 5.74) is 5.09. The van der Waals surface area contributed by atoms with Gasteiger partial charge in [0, 0.05) is 5.39 Å². The summed E-state index contributed by atoms with van der Waals surface area (Å²) in [6.45, 7) is 0.423. The van der Waals surface area contributed by atoms with E-state index < -0.39 is 0 Å². The molecule has 1 N–H and O–H groups in total. The summed E-state index contributed by atoms with van der Waals surface area (Å²) in [7, 11) is 0. The number of hydrogen-bond acceptors (Lipinski definition) is 5. The number of nitrogens with one attached hydrogen (secondary N) is 1. The second kappa shape index (κ2) is 9.70. The highest BCUT2D eigenvalue weighted by atomic mass is 16.5. The fraction of sp³-hybridized carbons (Fsp3) is 0.0370. The van der Waals surface area contributed by atoms with Crippen molar-refractivity contribution >= 4 is 35.2 Å². The maximum atomic E-state index is 6.00. The van der Waals surface area contributed by atoms with Crippen molar-refractivity contribution in [3.63, 3.8) is 0 Å². The van der Waals surface area contributed by atoms with Crippen LogP contribution in [0.15, 0.2) is 84.9 Å². The zero-order chi connectivity index (χ0) is 22.3. The number of aromatic amines is 1. The van der Waals surface area contributed by atoms with Gasteiger partial charge in [0.25, 0.3) is 0 Å². The van der Waals surface area contributed by atoms with Crippen molar-refractivity contribution in [3.05, 3.63) is 113 Å². The number of H-pyrrole nitrogens is 1. The minimum atomic E-state index is 0.423. The quantitative estimate of drug-likeness (QED) is 0.336. The van der Waals surface area contributed by atoms with E-state index in [0.717, 1.165) is 39.0 Å². The molecule has 5 aromatic rings. The molecule has 160 valence electrons. The topological polar surface area (TPSA) is 76.6 Å². The van der Waals surface area contributed by atoms with Crippen molar-refractivity contribution < 1.29 is 4.74 Å². The fourth-order valence-electron chi connectivity index (χ4n) is 3.42. The average Bonchev–Trinajstić information content (AvgIpc) is 3.39. The molecule has 0 unspecified atom stereocenters. The predicted octanol–water partition coefficient (Wildman–Crippen LogP) is 5.67. The van der Waals surface area contributed by atoms with Crippen molar-refractivity contribution in [2.45, 2.75) is 6.61 Å². The van der Waals surface area contributed by atoms with E-state index >= 15 is 0 Å². The lowest BCUT2D eigenvalue weighted by Crippen LogP contribution is -1.98. The Morgan fingerprint density at radius 1 is 0.727 bits per heavy atom. The number of nitrogens with zero attached hydrogens (tertiary/aromatic N) is 4. The summed E-state index contributed by atoms with van der Waals surface area (Å²) >= 11 is 0. The Morgan fingerprint density at radius 2 is 1.48 bits per heavy atom. The monoisotopic (exact) mass is 431 g/mol. The van der Waals surface area contributed by atoms with Crippen LogP contribution in [0.1, 0.15) is 28.2 Å². The second-order valence-electron chi connectivity index (χ2n) is 7.46. The summed E-state index contributed by atoms with van der Waals surface area (Å²) in [5, 5.41) is 15.0. The van der Waals surface area contributed by atoms with Crippen LogP contribution in [0.2, 0.25) is 0 Å². The van der Waals surface area contributed by atoms with Crippen LogP contribution in [0.3, 0.4) is 0 Å². The Morgan fingerprint density at radius 3 is 2.30 bits per heavy atom. The number of hydrogen-bond donors (Lipinski definition) is 1. The smallest absolute Gasteiger partial charge is 0.197 e. The molecule has 0 saturated heterocycles. The van der Waals surface area contributed by atoms with Crippen molar-refractivity contribution in [3.8, 4) is 5.75 Å². The minimum absolute atomic E-state index is 0.423. The van der Waals surface area contributed by atoms with E-state index in [1.165, 1.54) is 0 Å². The molecule has 5 rings (SSSR count). The number of ether oxygens (including phenoxy) is 1. The number of pyridine rings is 1. The predicted molar refractivity (Wildman–Crippen MR) is 131 cm³/mol. The molecule has 0 aliphatic heterocycles. The van der Waals surface area contributed by atoms with Crippen LogP contribution in [0, 0.1) is 0 Å². The fourth-order valence-corrected chi connectivity index (χ4v) is 3.42. The number of rotatable bonds is 7. The van der Waals surface area contributed by atoms with Gasteiger partial charge in [0.15, 0.2) is 5.82 Å². The highest BCUT2D eigenvalue weighted by Gasteiger charge is 2.01. The van der Waals surface area contributed by atoms with E-state index in [-0.39, 0.29) is 0 Å². The van der Waals surface area contributed by atoms with Gasteiger partial charge in [-0.25, -0.2) is 4.98 Å². The molecule has 0 bridgehead atoms. The van der Waals surface area contributed by atoms with Gasteiger partial charge in [0.05, 0.1) is 11.2 Å². The van der Waals surface area contributed by atoms with E-state index in [0.29, 0.717) is 12.4 Å². The van der Waals surface area contributed by atoms with Crippen molar-refractivity contribution in [2.75, 3.05) is 0 Å². The maximum absolute atomic E-state index is 6.00. The Balaban J connectivity index is 1.25. The lowest BCUT2D eigenvalue weighted by molar-refractivity contribution is 0.302. The summed E-state index contributed by atoms with van der Waals surface area (Å²) in [5.74, 6) is 1.36. The summed E-state index contributed by atoms with van der Waals surface area (Å²) in [6, 6.07) is 28.4. The molecule has 0 aliphatic rings. The van der Waals surface area contributed by atoms with E-state index in [2.05, 4.69) is 68.1 Å². The lowest BCUT2D eigenvalue weighted by atomic mass is 10.1. The van der Waals surface area contributed by atoms with Crippen molar-refractivity contribution in [1.29, 1.82) is 0 Å². The number of fused-ring (bicyclic) bond motifs is 1. The Labute approximate surface area is 191 Å². The third kappa shape index (κ3) is 5.37. The first-order valence-corrected chi connectivity index (χ1v) is 10.6. The zero-order valence-electron chi connectivity index (χ0n) is 17.8. The van der Waals surface area contributed by atoms with Crippen LogP contribution >= 0.6 is 0 Å². The van der Waals surface area contributed by atoms with Gasteiger partial charge in [-0.3, -0.25) is 0 Å². The van der Waals surface area contributed by atoms with Gasteiger partial charge in [-0.2, -0.15) is 5.21 Å². The molecule has 2 aromatic heterocycles. The van der Waals surface area contributed by atoms with E-state index in [4.69, 9.17) is 4.74 Å². The molecule has 2 heterocycles. The van der Waals surface area contributed by atoms with Crippen LogP contribution in [0.5, 0.6) is 5.75 Å². The molecule has 6 nitrogen and oxygen atoms in total. The minimum Gasteiger partial charge on any atom is -0.487 e. The number of tetrazole rings is 1. The normalized spacial score (nSPS) is 11.5. The molecule has 0 saturated carbocycles. The van der Waals surface area contributed by atoms with Gasteiger partial charge in [-0.15, -0.1) is 10.2 Å². The van der Waals surface area contributed by atoms with Crippen LogP contribution in [0.25, 0.3) is 35.2 Å². The maximum Gasteiger partial charge on any atom is 0.197 e. The number of para-hydroxylation sites is 1.